The second-order valence-electron chi connectivity index (χ2n) is 4.43. The Kier molecular flexibility index (Phi) is 3.29. The monoisotopic (exact) mass is 270 g/mol. The summed E-state index contributed by atoms with van der Waals surface area (Å²) in [7, 11) is 0. The zero-order chi connectivity index (χ0) is 13.9. The molecule has 0 unspecified atom stereocenters. The van der Waals surface area contributed by atoms with Crippen molar-refractivity contribution in [3.8, 4) is 0 Å². The van der Waals surface area contributed by atoms with Gasteiger partial charge in [0.2, 0.25) is 0 Å². The van der Waals surface area contributed by atoms with E-state index < -0.39 is 6.43 Å². The third kappa shape index (κ3) is 2.45. The molecule has 1 N–H and O–H groups in total. The molecule has 1 aromatic heterocycles. The molecule has 4 heteroatoms. The second-order valence-corrected chi connectivity index (χ2v) is 4.43. The van der Waals surface area contributed by atoms with E-state index in [-0.39, 0.29) is 5.56 Å². The maximum Gasteiger partial charge on any atom is 0.263 e. The number of benzene rings is 2. The van der Waals surface area contributed by atoms with E-state index in [2.05, 4.69) is 10.3 Å². The van der Waals surface area contributed by atoms with Gasteiger partial charge < -0.3 is 5.32 Å². The number of rotatable bonds is 3. The molecule has 2 aromatic carbocycles. The van der Waals surface area contributed by atoms with Gasteiger partial charge in [0, 0.05) is 22.8 Å². The lowest BCUT2D eigenvalue weighted by Crippen LogP contribution is -1.95. The molecule has 20 heavy (non-hydrogen) atoms. The Morgan fingerprint density at radius 2 is 1.80 bits per heavy atom. The molecule has 2 nitrogen and oxygen atoms in total. The van der Waals surface area contributed by atoms with Crippen molar-refractivity contribution in [2.75, 3.05) is 5.32 Å². The lowest BCUT2D eigenvalue weighted by Gasteiger charge is -2.10. The van der Waals surface area contributed by atoms with Gasteiger partial charge in [-0.15, -0.1) is 0 Å². The van der Waals surface area contributed by atoms with Crippen LogP contribution in [0, 0.1) is 0 Å². The minimum Gasteiger partial charge on any atom is -0.340 e. The van der Waals surface area contributed by atoms with E-state index in [0.29, 0.717) is 11.5 Å². The first-order chi connectivity index (χ1) is 9.74. The van der Waals surface area contributed by atoms with Crippen molar-refractivity contribution in [1.29, 1.82) is 0 Å². The van der Waals surface area contributed by atoms with Crippen LogP contribution in [0.1, 0.15) is 12.0 Å². The van der Waals surface area contributed by atoms with Crippen molar-refractivity contribution in [3.05, 3.63) is 66.4 Å². The number of halogens is 2. The standard InChI is InChI=1S/C16H12F2N2/c17-15(18)12-5-3-6-13(10-12)20-16-14-7-2-1-4-11(14)8-9-19-16/h1-10,15H,(H,19,20). The molecule has 0 spiro atoms. The average Bonchev–Trinajstić information content (AvgIpc) is 2.48. The number of pyridine rings is 1. The summed E-state index contributed by atoms with van der Waals surface area (Å²) in [5.41, 5.74) is 0.599. The number of nitrogens with one attached hydrogen (secondary N) is 1. The number of hydrogen-bond acceptors (Lipinski definition) is 2. The third-order valence-electron chi connectivity index (χ3n) is 3.07. The van der Waals surface area contributed by atoms with Crippen LogP contribution in [0.5, 0.6) is 0 Å². The quantitative estimate of drug-likeness (QED) is 0.731. The van der Waals surface area contributed by atoms with Crippen molar-refractivity contribution >= 4 is 22.3 Å². The van der Waals surface area contributed by atoms with Gasteiger partial charge >= 0.3 is 0 Å². The zero-order valence-corrected chi connectivity index (χ0v) is 10.6. The highest BCUT2D eigenvalue weighted by Gasteiger charge is 2.08. The van der Waals surface area contributed by atoms with Crippen LogP contribution >= 0.6 is 0 Å². The summed E-state index contributed by atoms with van der Waals surface area (Å²) in [6, 6.07) is 15.9. The number of hydrogen-bond donors (Lipinski definition) is 1. The van der Waals surface area contributed by atoms with E-state index >= 15 is 0 Å². The smallest absolute Gasteiger partial charge is 0.263 e. The van der Waals surface area contributed by atoms with Gasteiger partial charge in [0.15, 0.2) is 0 Å². The second kappa shape index (κ2) is 5.25. The summed E-state index contributed by atoms with van der Waals surface area (Å²) in [5, 5.41) is 5.10. The number of alkyl halides is 2. The van der Waals surface area contributed by atoms with Gasteiger partial charge in [-0.05, 0) is 23.6 Å². The van der Waals surface area contributed by atoms with Crippen molar-refractivity contribution in [2.24, 2.45) is 0 Å². The van der Waals surface area contributed by atoms with E-state index in [4.69, 9.17) is 0 Å². The van der Waals surface area contributed by atoms with E-state index in [1.807, 2.05) is 30.3 Å². The largest absolute Gasteiger partial charge is 0.340 e. The predicted octanol–water partition coefficient (Wildman–Crippen LogP) is 4.92. The molecule has 3 aromatic rings. The first kappa shape index (κ1) is 12.5. The van der Waals surface area contributed by atoms with Gasteiger partial charge in [0.1, 0.15) is 5.82 Å². The highest BCUT2D eigenvalue weighted by atomic mass is 19.3. The Morgan fingerprint density at radius 3 is 2.65 bits per heavy atom. The van der Waals surface area contributed by atoms with Gasteiger partial charge in [0.05, 0.1) is 0 Å². The lowest BCUT2D eigenvalue weighted by molar-refractivity contribution is 0.151. The molecule has 0 radical (unpaired) electrons. The summed E-state index contributed by atoms with van der Waals surface area (Å²) >= 11 is 0. The number of anilines is 2. The summed E-state index contributed by atoms with van der Waals surface area (Å²) in [6.07, 6.45) is -0.779. The molecule has 0 atom stereocenters. The van der Waals surface area contributed by atoms with Crippen LogP contribution in [0.2, 0.25) is 0 Å². The molecule has 0 aliphatic heterocycles. The van der Waals surface area contributed by atoms with Crippen molar-refractivity contribution < 1.29 is 8.78 Å². The Balaban J connectivity index is 1.99. The van der Waals surface area contributed by atoms with Crippen LogP contribution in [0.3, 0.4) is 0 Å². The minimum atomic E-state index is -2.47. The normalized spacial score (nSPS) is 10.9. The third-order valence-corrected chi connectivity index (χ3v) is 3.07. The first-order valence-electron chi connectivity index (χ1n) is 6.23. The number of nitrogens with zero attached hydrogens (tertiary/aromatic N) is 1. The van der Waals surface area contributed by atoms with Crippen LogP contribution in [0.4, 0.5) is 20.3 Å². The van der Waals surface area contributed by atoms with Crippen molar-refractivity contribution in [1.82, 2.24) is 4.98 Å². The lowest BCUT2D eigenvalue weighted by atomic mass is 10.1. The highest BCUT2D eigenvalue weighted by molar-refractivity contribution is 5.93. The van der Waals surface area contributed by atoms with Crippen molar-refractivity contribution in [2.45, 2.75) is 6.43 Å². The van der Waals surface area contributed by atoms with Gasteiger partial charge in [-0.25, -0.2) is 13.8 Å². The molecule has 3 rings (SSSR count). The molecule has 0 saturated heterocycles. The predicted molar refractivity (Wildman–Crippen MR) is 76.4 cm³/mol. The number of fused-ring (bicyclic) bond motifs is 1. The van der Waals surface area contributed by atoms with Crippen molar-refractivity contribution in [3.63, 3.8) is 0 Å². The summed E-state index contributed by atoms with van der Waals surface area (Å²) in [4.78, 5) is 4.28. The molecule has 0 fully saturated rings. The Morgan fingerprint density at radius 1 is 0.950 bits per heavy atom. The Bertz CT molecular complexity index is 736. The molecular weight excluding hydrogens is 258 g/mol. The minimum absolute atomic E-state index is 0.00441. The fourth-order valence-corrected chi connectivity index (χ4v) is 2.11. The fourth-order valence-electron chi connectivity index (χ4n) is 2.11. The first-order valence-corrected chi connectivity index (χ1v) is 6.23. The molecule has 0 aliphatic carbocycles. The van der Waals surface area contributed by atoms with Gasteiger partial charge in [-0.1, -0.05) is 36.4 Å². The molecule has 100 valence electrons. The SMILES string of the molecule is FC(F)c1cccc(Nc2nccc3ccccc23)c1. The zero-order valence-electron chi connectivity index (χ0n) is 10.6. The molecular formula is C16H12F2N2. The van der Waals surface area contributed by atoms with E-state index in [1.54, 1.807) is 18.3 Å². The average molecular weight is 270 g/mol. The van der Waals surface area contributed by atoms with E-state index in [1.165, 1.54) is 12.1 Å². The topological polar surface area (TPSA) is 24.9 Å². The van der Waals surface area contributed by atoms with E-state index in [9.17, 15) is 8.78 Å². The Labute approximate surface area is 115 Å². The molecule has 0 amide bonds. The van der Waals surface area contributed by atoms with Crippen LogP contribution in [0.25, 0.3) is 10.8 Å². The van der Waals surface area contributed by atoms with Crippen LogP contribution in [-0.4, -0.2) is 4.98 Å². The van der Waals surface area contributed by atoms with Crippen LogP contribution in [0.15, 0.2) is 60.8 Å². The van der Waals surface area contributed by atoms with Gasteiger partial charge in [-0.2, -0.15) is 0 Å². The number of aromatic nitrogens is 1. The van der Waals surface area contributed by atoms with Gasteiger partial charge in [0.25, 0.3) is 6.43 Å². The highest BCUT2D eigenvalue weighted by Crippen LogP contribution is 2.26. The summed E-state index contributed by atoms with van der Waals surface area (Å²) < 4.78 is 25.4. The van der Waals surface area contributed by atoms with E-state index in [0.717, 1.165) is 10.8 Å². The summed E-state index contributed by atoms with van der Waals surface area (Å²) in [5.74, 6) is 0.662. The summed E-state index contributed by atoms with van der Waals surface area (Å²) in [6.45, 7) is 0. The maximum atomic E-state index is 12.7. The molecule has 0 bridgehead atoms. The maximum absolute atomic E-state index is 12.7. The van der Waals surface area contributed by atoms with Crippen LogP contribution in [-0.2, 0) is 0 Å². The molecule has 0 aliphatic rings. The van der Waals surface area contributed by atoms with Crippen LogP contribution < -0.4 is 5.32 Å². The Hall–Kier alpha value is -2.49. The molecule has 1 heterocycles. The molecule has 0 saturated carbocycles. The van der Waals surface area contributed by atoms with Gasteiger partial charge in [-0.3, -0.25) is 0 Å². The fraction of sp³-hybridized carbons (Fsp3) is 0.0625.